The van der Waals surface area contributed by atoms with Crippen molar-refractivity contribution in [3.63, 3.8) is 0 Å². The lowest BCUT2D eigenvalue weighted by Crippen LogP contribution is -2.46. The van der Waals surface area contributed by atoms with Crippen molar-refractivity contribution >= 4 is 22.6 Å². The number of fused-ring (bicyclic) bond motifs is 2. The second-order valence-corrected chi connectivity index (χ2v) is 9.26. The molecule has 32 heavy (non-hydrogen) atoms. The summed E-state index contributed by atoms with van der Waals surface area (Å²) in [6, 6.07) is 2.60. The lowest BCUT2D eigenvalue weighted by Gasteiger charge is -2.32. The highest BCUT2D eigenvalue weighted by molar-refractivity contribution is 5.95. The zero-order valence-corrected chi connectivity index (χ0v) is 18.4. The third-order valence-corrected chi connectivity index (χ3v) is 6.59. The fraction of sp³-hybridized carbons (Fsp3) is 0.417. The van der Waals surface area contributed by atoms with E-state index in [1.807, 2.05) is 29.2 Å². The van der Waals surface area contributed by atoms with Gasteiger partial charge in [0.15, 0.2) is 0 Å². The number of aromatic carboxylic acids is 1. The molecular weight excluding hydrogens is 416 g/mol. The van der Waals surface area contributed by atoms with Crippen molar-refractivity contribution in [1.29, 1.82) is 0 Å². The van der Waals surface area contributed by atoms with Gasteiger partial charge in [0.25, 0.3) is 0 Å². The number of hydrogen-bond acceptors (Lipinski definition) is 4. The van der Waals surface area contributed by atoms with Gasteiger partial charge in [0.1, 0.15) is 18.1 Å². The van der Waals surface area contributed by atoms with Crippen molar-refractivity contribution in [2.75, 3.05) is 24.7 Å². The average molecular weight is 443 g/mol. The van der Waals surface area contributed by atoms with Crippen molar-refractivity contribution in [3.8, 4) is 0 Å². The number of alkyl halides is 1. The van der Waals surface area contributed by atoms with Crippen LogP contribution in [0, 0.1) is 11.7 Å². The standard InChI is InChI=1S/C24H27F2N3O3/c1-4-17-20(22(31)32)21(30)15-9-16(26)19(10-18(15)29(17)23(2,3)12-25)28-11-14-7-5-6-8-24(14,27)13-28/h5-10,14H,4,11-13,27H2,1-3H3,(H,31,32). The Labute approximate surface area is 184 Å². The molecule has 0 amide bonds. The van der Waals surface area contributed by atoms with Gasteiger partial charge in [0, 0.05) is 30.1 Å². The van der Waals surface area contributed by atoms with Crippen LogP contribution < -0.4 is 16.1 Å². The number of nitrogens with zero attached hydrogens (tertiary/aromatic N) is 2. The highest BCUT2D eigenvalue weighted by Gasteiger charge is 2.42. The van der Waals surface area contributed by atoms with Crippen LogP contribution in [-0.4, -0.2) is 40.9 Å². The van der Waals surface area contributed by atoms with Crippen LogP contribution >= 0.6 is 0 Å². The number of hydrogen-bond donors (Lipinski definition) is 2. The number of halogens is 2. The van der Waals surface area contributed by atoms with Crippen molar-refractivity contribution in [3.05, 3.63) is 63.7 Å². The Morgan fingerprint density at radius 1 is 1.34 bits per heavy atom. The number of anilines is 1. The summed E-state index contributed by atoms with van der Waals surface area (Å²) in [6.07, 6.45) is 7.90. The summed E-state index contributed by atoms with van der Waals surface area (Å²) in [5, 5.41) is 9.63. The average Bonchev–Trinajstić information content (AvgIpc) is 3.09. The zero-order valence-electron chi connectivity index (χ0n) is 18.4. The smallest absolute Gasteiger partial charge is 0.341 e. The third kappa shape index (κ3) is 3.24. The van der Waals surface area contributed by atoms with Gasteiger partial charge >= 0.3 is 5.97 Å². The molecule has 2 atom stereocenters. The Morgan fingerprint density at radius 3 is 2.66 bits per heavy atom. The van der Waals surface area contributed by atoms with Gasteiger partial charge in [-0.2, -0.15) is 0 Å². The van der Waals surface area contributed by atoms with Gasteiger partial charge in [0.2, 0.25) is 5.43 Å². The van der Waals surface area contributed by atoms with Crippen molar-refractivity contribution < 1.29 is 18.7 Å². The van der Waals surface area contributed by atoms with Crippen LogP contribution in [0.2, 0.25) is 0 Å². The van der Waals surface area contributed by atoms with E-state index < -0.39 is 40.5 Å². The van der Waals surface area contributed by atoms with Crippen LogP contribution in [0.3, 0.4) is 0 Å². The lowest BCUT2D eigenvalue weighted by molar-refractivity contribution is 0.0692. The van der Waals surface area contributed by atoms with Crippen LogP contribution in [0.15, 0.2) is 41.2 Å². The number of nitrogens with two attached hydrogens (primary N) is 1. The van der Waals surface area contributed by atoms with Gasteiger partial charge in [-0.1, -0.05) is 31.2 Å². The molecule has 2 unspecified atom stereocenters. The molecule has 170 valence electrons. The molecule has 3 N–H and O–H groups in total. The van der Waals surface area contributed by atoms with E-state index >= 15 is 4.39 Å². The van der Waals surface area contributed by atoms with E-state index in [2.05, 4.69) is 0 Å². The first-order valence-electron chi connectivity index (χ1n) is 10.6. The van der Waals surface area contributed by atoms with E-state index in [1.54, 1.807) is 20.8 Å². The Hall–Kier alpha value is -3.00. The number of carboxylic acid groups (broad SMARTS) is 1. The molecule has 2 aromatic rings. The number of aromatic nitrogens is 1. The second-order valence-electron chi connectivity index (χ2n) is 9.26. The predicted octanol–water partition coefficient (Wildman–Crippen LogP) is 3.37. The summed E-state index contributed by atoms with van der Waals surface area (Å²) < 4.78 is 30.9. The van der Waals surface area contributed by atoms with E-state index in [0.717, 1.165) is 6.07 Å². The van der Waals surface area contributed by atoms with Gasteiger partial charge in [-0.05, 0) is 32.4 Å². The third-order valence-electron chi connectivity index (χ3n) is 6.59. The van der Waals surface area contributed by atoms with Crippen LogP contribution in [-0.2, 0) is 12.0 Å². The predicted molar refractivity (Wildman–Crippen MR) is 121 cm³/mol. The minimum absolute atomic E-state index is 0.00709. The van der Waals surface area contributed by atoms with Crippen molar-refractivity contribution in [2.24, 2.45) is 11.7 Å². The maximum atomic E-state index is 15.3. The monoisotopic (exact) mass is 443 g/mol. The Balaban J connectivity index is 2.01. The summed E-state index contributed by atoms with van der Waals surface area (Å²) in [7, 11) is 0. The highest BCUT2D eigenvalue weighted by atomic mass is 19.1. The molecule has 0 radical (unpaired) electrons. The molecule has 2 aliphatic rings. The largest absolute Gasteiger partial charge is 0.477 e. The molecule has 2 heterocycles. The summed E-state index contributed by atoms with van der Waals surface area (Å²) in [5.74, 6) is -2.04. The van der Waals surface area contributed by atoms with Gasteiger partial charge in [-0.15, -0.1) is 0 Å². The highest BCUT2D eigenvalue weighted by Crippen LogP contribution is 2.37. The molecular formula is C24H27F2N3O3. The fourth-order valence-corrected chi connectivity index (χ4v) is 4.94. The molecule has 1 aliphatic heterocycles. The minimum Gasteiger partial charge on any atom is -0.477 e. The number of rotatable bonds is 5. The van der Waals surface area contributed by atoms with Gasteiger partial charge in [0.05, 0.1) is 22.3 Å². The van der Waals surface area contributed by atoms with Crippen LogP contribution in [0.4, 0.5) is 14.5 Å². The first-order chi connectivity index (χ1) is 15.0. The lowest BCUT2D eigenvalue weighted by atomic mass is 9.85. The fourth-order valence-electron chi connectivity index (χ4n) is 4.94. The van der Waals surface area contributed by atoms with E-state index in [0.29, 0.717) is 18.6 Å². The molecule has 6 nitrogen and oxygen atoms in total. The van der Waals surface area contributed by atoms with Crippen molar-refractivity contribution in [1.82, 2.24) is 4.57 Å². The van der Waals surface area contributed by atoms with Crippen LogP contribution in [0.1, 0.15) is 36.8 Å². The van der Waals surface area contributed by atoms with Gasteiger partial charge in [-0.3, -0.25) is 4.79 Å². The molecule has 1 fully saturated rings. The minimum atomic E-state index is -1.41. The molecule has 4 rings (SSSR count). The SMILES string of the molecule is CCc1c(C(=O)O)c(=O)c2cc(F)c(N3CC4C=CC=CC4(N)C3)cc2n1C(C)(C)CF. The van der Waals surface area contributed by atoms with Gasteiger partial charge in [-0.25, -0.2) is 13.6 Å². The first kappa shape index (κ1) is 22.2. The number of carbonyl (C=O) groups is 1. The van der Waals surface area contributed by atoms with Crippen LogP contribution in [0.25, 0.3) is 10.9 Å². The van der Waals surface area contributed by atoms with E-state index in [1.165, 1.54) is 10.6 Å². The van der Waals surface area contributed by atoms with E-state index in [4.69, 9.17) is 5.73 Å². The summed E-state index contributed by atoms with van der Waals surface area (Å²) in [6.45, 7) is 5.04. The maximum absolute atomic E-state index is 15.3. The Morgan fingerprint density at radius 2 is 2.06 bits per heavy atom. The molecule has 1 aromatic carbocycles. The first-order valence-corrected chi connectivity index (χ1v) is 10.6. The molecule has 0 saturated carbocycles. The quantitative estimate of drug-likeness (QED) is 0.740. The molecule has 0 bridgehead atoms. The number of pyridine rings is 1. The number of allylic oxidation sites excluding steroid dienone is 2. The van der Waals surface area contributed by atoms with Crippen molar-refractivity contribution in [2.45, 2.75) is 38.3 Å². The topological polar surface area (TPSA) is 88.6 Å². The normalized spacial score (nSPS) is 22.6. The Kier molecular flexibility index (Phi) is 5.24. The Bertz CT molecular complexity index is 1230. The molecule has 0 spiro atoms. The maximum Gasteiger partial charge on any atom is 0.341 e. The zero-order chi connectivity index (χ0) is 23.4. The molecule has 1 aliphatic carbocycles. The molecule has 1 aromatic heterocycles. The summed E-state index contributed by atoms with van der Waals surface area (Å²) in [4.78, 5) is 26.8. The summed E-state index contributed by atoms with van der Waals surface area (Å²) >= 11 is 0. The number of carboxylic acids is 1. The molecule has 1 saturated heterocycles. The van der Waals surface area contributed by atoms with E-state index in [-0.39, 0.29) is 29.1 Å². The summed E-state index contributed by atoms with van der Waals surface area (Å²) in [5.41, 5.74) is 4.32. The second kappa shape index (κ2) is 7.55. The van der Waals surface area contributed by atoms with Crippen LogP contribution in [0.5, 0.6) is 0 Å². The van der Waals surface area contributed by atoms with E-state index in [9.17, 15) is 19.1 Å². The van der Waals surface area contributed by atoms with Gasteiger partial charge < -0.3 is 20.3 Å². The molecule has 8 heteroatoms. The number of benzene rings is 1.